The average Bonchev–Trinajstić information content (AvgIpc) is 2.54. The number of hydrogen-bond acceptors (Lipinski definition) is 3. The van der Waals surface area contributed by atoms with Crippen LogP contribution in [0.3, 0.4) is 0 Å². The Balaban J connectivity index is 0.00000264. The third-order valence-electron chi connectivity index (χ3n) is 4.53. The van der Waals surface area contributed by atoms with Crippen LogP contribution >= 0.6 is 24.0 Å². The zero-order valence-electron chi connectivity index (χ0n) is 14.0. The molecule has 0 saturated carbocycles. The van der Waals surface area contributed by atoms with Crippen LogP contribution in [0, 0.1) is 11.8 Å². The quantitative estimate of drug-likeness (QED) is 0.868. The van der Waals surface area contributed by atoms with Gasteiger partial charge in [-0.3, -0.25) is 4.79 Å². The van der Waals surface area contributed by atoms with Gasteiger partial charge in [0.1, 0.15) is 5.75 Å². The molecule has 0 spiro atoms. The molecule has 130 valence electrons. The van der Waals surface area contributed by atoms with Crippen LogP contribution < -0.4 is 15.0 Å². The van der Waals surface area contributed by atoms with Crippen molar-refractivity contribution in [3.8, 4) is 5.75 Å². The highest BCUT2D eigenvalue weighted by molar-refractivity contribution is 6.32. The molecular weight excluding hydrogens is 335 g/mol. The molecule has 2 atom stereocenters. The number of ether oxygens (including phenoxy) is 1. The van der Waals surface area contributed by atoms with Crippen LogP contribution in [0.5, 0.6) is 5.75 Å². The van der Waals surface area contributed by atoms with Crippen LogP contribution in [0.1, 0.15) is 26.2 Å². The lowest BCUT2D eigenvalue weighted by Crippen LogP contribution is -2.36. The lowest BCUT2D eigenvalue weighted by molar-refractivity contribution is -0.119. The molecule has 0 aliphatic carbocycles. The van der Waals surface area contributed by atoms with Crippen molar-refractivity contribution in [1.29, 1.82) is 0 Å². The molecule has 1 fully saturated rings. The Morgan fingerprint density at radius 3 is 2.83 bits per heavy atom. The van der Waals surface area contributed by atoms with E-state index < -0.39 is 0 Å². The Bertz CT molecular complexity index is 519. The summed E-state index contributed by atoms with van der Waals surface area (Å²) < 4.78 is 5.14. The molecule has 23 heavy (non-hydrogen) atoms. The zero-order valence-corrected chi connectivity index (χ0v) is 15.5. The van der Waals surface area contributed by atoms with Gasteiger partial charge in [0.25, 0.3) is 0 Å². The summed E-state index contributed by atoms with van der Waals surface area (Å²) in [6.45, 7) is 4.29. The summed E-state index contributed by atoms with van der Waals surface area (Å²) in [6, 6.07) is 5.41. The summed E-state index contributed by atoms with van der Waals surface area (Å²) in [5.74, 6) is 1.72. The number of carbonyl (C=O) groups excluding carboxylic acids is 1. The van der Waals surface area contributed by atoms with Gasteiger partial charge in [-0.15, -0.1) is 12.4 Å². The van der Waals surface area contributed by atoms with Crippen LogP contribution in [-0.2, 0) is 4.79 Å². The largest absolute Gasteiger partial charge is 0.495 e. The number of halogens is 2. The standard InChI is InChI=1S/C17H25ClN2O2.ClH/c1-12(13-5-4-8-19-11-13)9-17(21)20(2)14-6-7-16(22-3)15(18)10-14;/h6-7,10,12-13,19H,4-5,8-9,11H2,1-3H3;1H. The van der Waals surface area contributed by atoms with E-state index in [-0.39, 0.29) is 18.3 Å². The van der Waals surface area contributed by atoms with Gasteiger partial charge < -0.3 is 15.0 Å². The van der Waals surface area contributed by atoms with Gasteiger partial charge in [0.05, 0.1) is 12.1 Å². The van der Waals surface area contributed by atoms with Gasteiger partial charge in [0, 0.05) is 19.2 Å². The first-order valence-corrected chi connectivity index (χ1v) is 8.21. The predicted molar refractivity (Wildman–Crippen MR) is 98.0 cm³/mol. The first-order valence-electron chi connectivity index (χ1n) is 7.83. The molecule has 1 amide bonds. The summed E-state index contributed by atoms with van der Waals surface area (Å²) >= 11 is 6.13. The second kappa shape index (κ2) is 9.36. The molecule has 1 aromatic carbocycles. The third kappa shape index (κ3) is 5.27. The second-order valence-corrected chi connectivity index (χ2v) is 6.47. The molecule has 1 heterocycles. The van der Waals surface area contributed by atoms with Crippen molar-refractivity contribution in [3.63, 3.8) is 0 Å². The molecule has 0 radical (unpaired) electrons. The fourth-order valence-electron chi connectivity index (χ4n) is 2.95. The Kier molecular flexibility index (Phi) is 8.17. The molecule has 1 aliphatic rings. The predicted octanol–water partition coefficient (Wildman–Crippen LogP) is 3.76. The number of piperidine rings is 1. The van der Waals surface area contributed by atoms with E-state index in [0.29, 0.717) is 29.0 Å². The first-order chi connectivity index (χ1) is 10.5. The van der Waals surface area contributed by atoms with E-state index in [0.717, 1.165) is 18.8 Å². The first kappa shape index (κ1) is 20.1. The highest BCUT2D eigenvalue weighted by Crippen LogP contribution is 2.30. The normalized spacial score (nSPS) is 18.7. The molecule has 6 heteroatoms. The molecule has 1 saturated heterocycles. The van der Waals surface area contributed by atoms with E-state index in [2.05, 4.69) is 12.2 Å². The Hall–Kier alpha value is -0.970. The highest BCUT2D eigenvalue weighted by Gasteiger charge is 2.24. The summed E-state index contributed by atoms with van der Waals surface area (Å²) in [5, 5.41) is 3.93. The smallest absolute Gasteiger partial charge is 0.226 e. The van der Waals surface area contributed by atoms with E-state index in [9.17, 15) is 4.79 Å². The second-order valence-electron chi connectivity index (χ2n) is 6.06. The summed E-state index contributed by atoms with van der Waals surface area (Å²) in [4.78, 5) is 14.2. The van der Waals surface area contributed by atoms with Crippen molar-refractivity contribution < 1.29 is 9.53 Å². The minimum Gasteiger partial charge on any atom is -0.495 e. The monoisotopic (exact) mass is 360 g/mol. The van der Waals surface area contributed by atoms with E-state index >= 15 is 0 Å². The zero-order chi connectivity index (χ0) is 16.1. The molecule has 1 N–H and O–H groups in total. The third-order valence-corrected chi connectivity index (χ3v) is 4.83. The van der Waals surface area contributed by atoms with E-state index in [4.69, 9.17) is 16.3 Å². The van der Waals surface area contributed by atoms with Gasteiger partial charge in [0.2, 0.25) is 5.91 Å². The summed E-state index contributed by atoms with van der Waals surface area (Å²) in [6.07, 6.45) is 2.97. The molecule has 0 aromatic heterocycles. The van der Waals surface area contributed by atoms with Crippen LogP contribution in [0.4, 0.5) is 5.69 Å². The molecular formula is C17H26Cl2N2O2. The SMILES string of the molecule is COc1ccc(N(C)C(=O)CC(C)C2CCCNC2)cc1Cl.Cl. The highest BCUT2D eigenvalue weighted by atomic mass is 35.5. The number of benzene rings is 1. The van der Waals surface area contributed by atoms with Crippen LogP contribution in [0.2, 0.25) is 5.02 Å². The van der Waals surface area contributed by atoms with Gasteiger partial charge in [-0.05, 0) is 56.0 Å². The van der Waals surface area contributed by atoms with Crippen molar-refractivity contribution in [3.05, 3.63) is 23.2 Å². The number of rotatable bonds is 5. The van der Waals surface area contributed by atoms with Gasteiger partial charge in [-0.1, -0.05) is 18.5 Å². The minimum absolute atomic E-state index is 0. The number of methoxy groups -OCH3 is 1. The van der Waals surface area contributed by atoms with Crippen molar-refractivity contribution in [2.45, 2.75) is 26.2 Å². The number of nitrogens with zero attached hydrogens (tertiary/aromatic N) is 1. The number of nitrogens with one attached hydrogen (secondary N) is 1. The molecule has 4 nitrogen and oxygen atoms in total. The van der Waals surface area contributed by atoms with Crippen LogP contribution in [-0.4, -0.2) is 33.2 Å². The van der Waals surface area contributed by atoms with Gasteiger partial charge in [0.15, 0.2) is 0 Å². The van der Waals surface area contributed by atoms with E-state index in [1.807, 2.05) is 6.07 Å². The Morgan fingerprint density at radius 1 is 1.52 bits per heavy atom. The number of amides is 1. The summed E-state index contributed by atoms with van der Waals surface area (Å²) in [5.41, 5.74) is 0.796. The Labute approximate surface area is 149 Å². The molecule has 1 aliphatic heterocycles. The minimum atomic E-state index is 0. The lowest BCUT2D eigenvalue weighted by Gasteiger charge is -2.29. The topological polar surface area (TPSA) is 41.6 Å². The van der Waals surface area contributed by atoms with E-state index in [1.165, 1.54) is 12.8 Å². The number of hydrogen-bond donors (Lipinski definition) is 1. The van der Waals surface area contributed by atoms with E-state index in [1.54, 1.807) is 31.2 Å². The maximum atomic E-state index is 12.5. The average molecular weight is 361 g/mol. The van der Waals surface area contributed by atoms with Gasteiger partial charge >= 0.3 is 0 Å². The molecule has 2 unspecified atom stereocenters. The van der Waals surface area contributed by atoms with Crippen molar-refractivity contribution in [2.24, 2.45) is 11.8 Å². The van der Waals surface area contributed by atoms with Gasteiger partial charge in [-0.2, -0.15) is 0 Å². The van der Waals surface area contributed by atoms with Crippen molar-refractivity contribution in [1.82, 2.24) is 5.32 Å². The molecule has 2 rings (SSSR count). The lowest BCUT2D eigenvalue weighted by atomic mass is 9.85. The molecule has 0 bridgehead atoms. The fraction of sp³-hybridized carbons (Fsp3) is 0.588. The Morgan fingerprint density at radius 2 is 2.26 bits per heavy atom. The number of anilines is 1. The van der Waals surface area contributed by atoms with Crippen LogP contribution in [0.25, 0.3) is 0 Å². The fourth-order valence-corrected chi connectivity index (χ4v) is 3.20. The van der Waals surface area contributed by atoms with Crippen molar-refractivity contribution >= 4 is 35.6 Å². The summed E-state index contributed by atoms with van der Waals surface area (Å²) in [7, 11) is 3.38. The number of carbonyl (C=O) groups is 1. The van der Waals surface area contributed by atoms with Gasteiger partial charge in [-0.25, -0.2) is 0 Å². The van der Waals surface area contributed by atoms with Crippen molar-refractivity contribution in [2.75, 3.05) is 32.1 Å². The molecule has 1 aromatic rings. The van der Waals surface area contributed by atoms with Crippen LogP contribution in [0.15, 0.2) is 18.2 Å². The maximum Gasteiger partial charge on any atom is 0.226 e. The maximum absolute atomic E-state index is 12.5.